The van der Waals surface area contributed by atoms with Gasteiger partial charge in [-0.25, -0.2) is 0 Å². The molecule has 0 saturated heterocycles. The molecule has 0 atom stereocenters. The second-order valence-corrected chi connectivity index (χ2v) is 4.74. The van der Waals surface area contributed by atoms with Gasteiger partial charge in [0.2, 0.25) is 0 Å². The van der Waals surface area contributed by atoms with Crippen molar-refractivity contribution in [1.82, 2.24) is 0 Å². The monoisotopic (exact) mass is 263 g/mol. The van der Waals surface area contributed by atoms with Crippen LogP contribution in [0.25, 0.3) is 0 Å². The number of benzene rings is 2. The van der Waals surface area contributed by atoms with Crippen LogP contribution in [0.5, 0.6) is 0 Å². The van der Waals surface area contributed by atoms with E-state index in [0.29, 0.717) is 12.1 Å². The van der Waals surface area contributed by atoms with Crippen molar-refractivity contribution in [2.75, 3.05) is 23.4 Å². The lowest BCUT2D eigenvalue weighted by Gasteiger charge is -2.35. The molecule has 1 amide bonds. The molecule has 0 bridgehead atoms. The summed E-state index contributed by atoms with van der Waals surface area (Å²) in [5, 5.41) is 9.00. The zero-order chi connectivity index (χ0) is 14.1. The minimum atomic E-state index is 0.00119. The smallest absolute Gasteiger partial charge is 0.251 e. The third-order valence-electron chi connectivity index (χ3n) is 3.39. The molecule has 0 spiro atoms. The minimum Gasteiger partial charge on any atom is -0.364 e. The second-order valence-electron chi connectivity index (χ2n) is 4.74. The molecule has 1 aliphatic heterocycles. The summed E-state index contributed by atoms with van der Waals surface area (Å²) in [7, 11) is 1.90. The Morgan fingerprint density at radius 2 is 1.85 bits per heavy atom. The van der Waals surface area contributed by atoms with Crippen molar-refractivity contribution in [3.63, 3.8) is 0 Å². The summed E-state index contributed by atoms with van der Waals surface area (Å²) in [5.41, 5.74) is 3.14. The normalized spacial score (nSPS) is 13.9. The molecule has 98 valence electrons. The predicted molar refractivity (Wildman–Crippen MR) is 78.0 cm³/mol. The Bertz CT molecular complexity index is 718. The standard InChI is InChI=1S/C16H13N3O/c1-18-11-16(20)19(15-8-3-2-7-14(15)18)13-6-4-5-12(9-13)10-17/h2-9H,11H2,1H3. The molecule has 3 rings (SSSR count). The Labute approximate surface area is 117 Å². The lowest BCUT2D eigenvalue weighted by atomic mass is 10.1. The summed E-state index contributed by atoms with van der Waals surface area (Å²) in [4.78, 5) is 16.0. The van der Waals surface area contributed by atoms with Crippen molar-refractivity contribution in [1.29, 1.82) is 5.26 Å². The van der Waals surface area contributed by atoms with Gasteiger partial charge in [0.1, 0.15) is 0 Å². The van der Waals surface area contributed by atoms with E-state index < -0.39 is 0 Å². The largest absolute Gasteiger partial charge is 0.364 e. The average Bonchev–Trinajstić information content (AvgIpc) is 2.47. The molecule has 1 heterocycles. The van der Waals surface area contributed by atoms with Crippen molar-refractivity contribution >= 4 is 23.0 Å². The topological polar surface area (TPSA) is 47.3 Å². The van der Waals surface area contributed by atoms with Gasteiger partial charge in [-0.05, 0) is 30.3 Å². The molecule has 0 saturated carbocycles. The highest BCUT2D eigenvalue weighted by atomic mass is 16.2. The number of carbonyl (C=O) groups excluding carboxylic acids is 1. The molecule has 2 aromatic carbocycles. The van der Waals surface area contributed by atoms with Crippen molar-refractivity contribution in [2.45, 2.75) is 0 Å². The third kappa shape index (κ3) is 1.90. The number of nitriles is 1. The van der Waals surface area contributed by atoms with Crippen molar-refractivity contribution in [3.05, 3.63) is 54.1 Å². The maximum Gasteiger partial charge on any atom is 0.251 e. The highest BCUT2D eigenvalue weighted by molar-refractivity contribution is 6.08. The van der Waals surface area contributed by atoms with Gasteiger partial charge in [-0.1, -0.05) is 18.2 Å². The zero-order valence-electron chi connectivity index (χ0n) is 11.1. The fourth-order valence-corrected chi connectivity index (χ4v) is 2.47. The summed E-state index contributed by atoms with van der Waals surface area (Å²) in [6.07, 6.45) is 0. The van der Waals surface area contributed by atoms with Crippen LogP contribution in [0, 0.1) is 11.3 Å². The first kappa shape index (κ1) is 12.2. The number of anilines is 3. The van der Waals surface area contributed by atoms with E-state index in [4.69, 9.17) is 5.26 Å². The minimum absolute atomic E-state index is 0.00119. The first-order chi connectivity index (χ1) is 9.70. The van der Waals surface area contributed by atoms with Crippen LogP contribution in [0.1, 0.15) is 5.56 Å². The number of rotatable bonds is 1. The molecule has 0 N–H and O–H groups in total. The Kier molecular flexibility index (Phi) is 2.88. The van der Waals surface area contributed by atoms with E-state index in [1.54, 1.807) is 23.1 Å². The Morgan fingerprint density at radius 3 is 2.60 bits per heavy atom. The zero-order valence-corrected chi connectivity index (χ0v) is 11.1. The highest BCUT2D eigenvalue weighted by Gasteiger charge is 2.28. The second kappa shape index (κ2) is 4.71. The summed E-state index contributed by atoms with van der Waals surface area (Å²) >= 11 is 0. The van der Waals surface area contributed by atoms with E-state index >= 15 is 0 Å². The van der Waals surface area contributed by atoms with Gasteiger partial charge in [0, 0.05) is 7.05 Å². The molecule has 0 aromatic heterocycles. The van der Waals surface area contributed by atoms with Gasteiger partial charge >= 0.3 is 0 Å². The quantitative estimate of drug-likeness (QED) is 0.794. The summed E-state index contributed by atoms with van der Waals surface area (Å²) in [5.74, 6) is 0.00119. The molecular weight excluding hydrogens is 250 g/mol. The first-order valence-electron chi connectivity index (χ1n) is 6.34. The molecule has 1 aliphatic rings. The molecule has 2 aromatic rings. The first-order valence-corrected chi connectivity index (χ1v) is 6.34. The molecule has 0 aliphatic carbocycles. The molecule has 0 unspecified atom stereocenters. The third-order valence-corrected chi connectivity index (χ3v) is 3.39. The maximum absolute atomic E-state index is 12.4. The Balaban J connectivity index is 2.15. The summed E-state index contributed by atoms with van der Waals surface area (Å²) < 4.78 is 0. The lowest BCUT2D eigenvalue weighted by Crippen LogP contribution is -2.41. The van der Waals surface area contributed by atoms with E-state index in [2.05, 4.69) is 6.07 Å². The van der Waals surface area contributed by atoms with Gasteiger partial charge in [0.05, 0.1) is 35.2 Å². The van der Waals surface area contributed by atoms with Gasteiger partial charge in [-0.2, -0.15) is 5.26 Å². The molecule has 0 fully saturated rings. The van der Waals surface area contributed by atoms with Crippen LogP contribution < -0.4 is 9.80 Å². The fourth-order valence-electron chi connectivity index (χ4n) is 2.47. The van der Waals surface area contributed by atoms with Gasteiger partial charge in [-0.3, -0.25) is 9.69 Å². The Hall–Kier alpha value is -2.80. The number of likely N-dealkylation sites (N-methyl/N-ethyl adjacent to an activating group) is 1. The van der Waals surface area contributed by atoms with Gasteiger partial charge < -0.3 is 4.90 Å². The molecule has 4 heteroatoms. The van der Waals surface area contributed by atoms with Crippen LogP contribution in [-0.4, -0.2) is 19.5 Å². The average molecular weight is 263 g/mol. The van der Waals surface area contributed by atoms with E-state index in [1.807, 2.05) is 42.3 Å². The maximum atomic E-state index is 12.4. The van der Waals surface area contributed by atoms with Crippen LogP contribution >= 0.6 is 0 Å². The Morgan fingerprint density at radius 1 is 1.10 bits per heavy atom. The number of amides is 1. The number of nitrogens with zero attached hydrogens (tertiary/aromatic N) is 3. The van der Waals surface area contributed by atoms with Crippen molar-refractivity contribution in [3.8, 4) is 6.07 Å². The number of hydrogen-bond acceptors (Lipinski definition) is 3. The van der Waals surface area contributed by atoms with Crippen LogP contribution in [0.2, 0.25) is 0 Å². The van der Waals surface area contributed by atoms with Crippen LogP contribution in [0.15, 0.2) is 48.5 Å². The van der Waals surface area contributed by atoms with Gasteiger partial charge in [-0.15, -0.1) is 0 Å². The van der Waals surface area contributed by atoms with E-state index in [0.717, 1.165) is 17.1 Å². The van der Waals surface area contributed by atoms with Crippen molar-refractivity contribution in [2.24, 2.45) is 0 Å². The number of para-hydroxylation sites is 2. The molecule has 0 radical (unpaired) electrons. The summed E-state index contributed by atoms with van der Waals surface area (Å²) in [6.45, 7) is 0.327. The number of hydrogen-bond donors (Lipinski definition) is 0. The van der Waals surface area contributed by atoms with E-state index in [1.165, 1.54) is 0 Å². The van der Waals surface area contributed by atoms with Crippen LogP contribution in [0.3, 0.4) is 0 Å². The van der Waals surface area contributed by atoms with Gasteiger partial charge in [0.25, 0.3) is 5.91 Å². The number of carbonyl (C=O) groups is 1. The number of fused-ring (bicyclic) bond motifs is 1. The van der Waals surface area contributed by atoms with Crippen LogP contribution in [0.4, 0.5) is 17.1 Å². The molecule has 20 heavy (non-hydrogen) atoms. The van der Waals surface area contributed by atoms with E-state index in [-0.39, 0.29) is 5.91 Å². The highest BCUT2D eigenvalue weighted by Crippen LogP contribution is 2.37. The van der Waals surface area contributed by atoms with Crippen LogP contribution in [-0.2, 0) is 4.79 Å². The predicted octanol–water partition coefficient (Wildman–Crippen LogP) is 2.67. The van der Waals surface area contributed by atoms with Crippen molar-refractivity contribution < 1.29 is 4.79 Å². The SMILES string of the molecule is CN1CC(=O)N(c2cccc(C#N)c2)c2ccccc21. The fraction of sp³-hybridized carbons (Fsp3) is 0.125. The van der Waals surface area contributed by atoms with Gasteiger partial charge in [0.15, 0.2) is 0 Å². The summed E-state index contributed by atoms with van der Waals surface area (Å²) in [6, 6.07) is 17.0. The lowest BCUT2D eigenvalue weighted by molar-refractivity contribution is -0.116. The molecular formula is C16H13N3O. The van der Waals surface area contributed by atoms with E-state index in [9.17, 15) is 4.79 Å². The molecule has 4 nitrogen and oxygen atoms in total.